The number of allylic oxidation sites excluding steroid dienone is 2. The van der Waals surface area contributed by atoms with Gasteiger partial charge < -0.3 is 0 Å². The zero-order valence-corrected chi connectivity index (χ0v) is 20.6. The molecule has 2 aliphatic carbocycles. The van der Waals surface area contributed by atoms with E-state index in [2.05, 4.69) is 19.1 Å². The fraction of sp³-hybridized carbons (Fsp3) is 0.724. The second-order valence-corrected chi connectivity index (χ2v) is 10.7. The summed E-state index contributed by atoms with van der Waals surface area (Å²) in [5.74, 6) is 0.0397. The van der Waals surface area contributed by atoms with Crippen LogP contribution >= 0.6 is 0 Å². The van der Waals surface area contributed by atoms with Crippen molar-refractivity contribution in [2.45, 2.75) is 109 Å². The number of halogens is 5. The highest BCUT2D eigenvalue weighted by molar-refractivity contribution is 5.28. The molecule has 0 amide bonds. The predicted molar refractivity (Wildman–Crippen MR) is 128 cm³/mol. The smallest absolute Gasteiger partial charge is 0.206 e. The van der Waals surface area contributed by atoms with Crippen molar-refractivity contribution in [3.05, 3.63) is 47.0 Å². The van der Waals surface area contributed by atoms with E-state index in [9.17, 15) is 22.0 Å². The van der Waals surface area contributed by atoms with Crippen LogP contribution in [0.25, 0.3) is 0 Å². The van der Waals surface area contributed by atoms with Crippen molar-refractivity contribution in [2.75, 3.05) is 0 Å². The third-order valence-corrected chi connectivity index (χ3v) is 8.28. The third kappa shape index (κ3) is 8.09. The molecule has 192 valence electrons. The Labute approximate surface area is 202 Å². The van der Waals surface area contributed by atoms with Gasteiger partial charge in [-0.25, -0.2) is 8.78 Å². The SMILES string of the molecule is CCC/C=C/CCC[C@H]1CC[C@H]([C@H]2CC[C@H](CCc3cc(F)c(C(F)(F)F)c(F)c3)CC2)CC1. The van der Waals surface area contributed by atoms with Crippen molar-refractivity contribution >= 4 is 0 Å². The molecule has 0 atom stereocenters. The van der Waals surface area contributed by atoms with Gasteiger partial charge in [-0.15, -0.1) is 0 Å². The van der Waals surface area contributed by atoms with Gasteiger partial charge in [-0.2, -0.15) is 13.2 Å². The molecule has 0 aliphatic heterocycles. The van der Waals surface area contributed by atoms with Gasteiger partial charge in [0, 0.05) is 0 Å². The molecule has 34 heavy (non-hydrogen) atoms. The van der Waals surface area contributed by atoms with Crippen molar-refractivity contribution in [3.8, 4) is 0 Å². The number of rotatable bonds is 10. The highest BCUT2D eigenvalue weighted by Gasteiger charge is 2.38. The Balaban J connectivity index is 1.35. The van der Waals surface area contributed by atoms with E-state index < -0.39 is 23.4 Å². The van der Waals surface area contributed by atoms with E-state index in [-0.39, 0.29) is 0 Å². The maximum Gasteiger partial charge on any atom is 0.422 e. The minimum atomic E-state index is -5.00. The zero-order valence-electron chi connectivity index (χ0n) is 20.6. The van der Waals surface area contributed by atoms with Crippen LogP contribution in [0.3, 0.4) is 0 Å². The number of hydrogen-bond donors (Lipinski definition) is 0. The molecule has 0 bridgehead atoms. The van der Waals surface area contributed by atoms with Crippen molar-refractivity contribution in [3.63, 3.8) is 0 Å². The Morgan fingerprint density at radius 3 is 1.76 bits per heavy atom. The van der Waals surface area contributed by atoms with Crippen molar-refractivity contribution in [1.29, 1.82) is 0 Å². The van der Waals surface area contributed by atoms with Crippen LogP contribution in [0.4, 0.5) is 22.0 Å². The molecular weight excluding hydrogens is 443 g/mol. The topological polar surface area (TPSA) is 0 Å². The Kier molecular flexibility index (Phi) is 10.5. The molecule has 2 fully saturated rings. The Hall–Kier alpha value is -1.39. The summed E-state index contributed by atoms with van der Waals surface area (Å²) in [4.78, 5) is 0. The first-order chi connectivity index (χ1) is 16.3. The predicted octanol–water partition coefficient (Wildman–Crippen LogP) is 10.1. The highest BCUT2D eigenvalue weighted by Crippen LogP contribution is 2.43. The van der Waals surface area contributed by atoms with Crippen molar-refractivity contribution in [1.82, 2.24) is 0 Å². The molecule has 0 unspecified atom stereocenters. The first-order valence-electron chi connectivity index (χ1n) is 13.5. The molecule has 3 rings (SSSR count). The lowest BCUT2D eigenvalue weighted by Gasteiger charge is -2.38. The molecule has 0 nitrogen and oxygen atoms in total. The van der Waals surface area contributed by atoms with E-state index in [1.54, 1.807) is 0 Å². The monoisotopic (exact) mass is 484 g/mol. The first-order valence-corrected chi connectivity index (χ1v) is 13.5. The molecule has 1 aromatic carbocycles. The third-order valence-electron chi connectivity index (χ3n) is 8.28. The van der Waals surface area contributed by atoms with E-state index in [4.69, 9.17) is 0 Å². The van der Waals surface area contributed by atoms with E-state index in [1.807, 2.05) is 0 Å². The van der Waals surface area contributed by atoms with Crippen LogP contribution in [0, 0.1) is 35.3 Å². The van der Waals surface area contributed by atoms with Crippen LogP contribution in [-0.2, 0) is 12.6 Å². The lowest BCUT2D eigenvalue weighted by atomic mass is 9.68. The quantitative estimate of drug-likeness (QED) is 0.176. The Bertz CT molecular complexity index is 742. The van der Waals surface area contributed by atoms with Crippen molar-refractivity contribution < 1.29 is 22.0 Å². The molecule has 0 saturated heterocycles. The number of hydrogen-bond acceptors (Lipinski definition) is 0. The average molecular weight is 485 g/mol. The fourth-order valence-electron chi connectivity index (χ4n) is 6.23. The molecule has 0 radical (unpaired) electrons. The molecule has 0 spiro atoms. The van der Waals surface area contributed by atoms with Crippen molar-refractivity contribution in [2.24, 2.45) is 23.7 Å². The number of alkyl halides is 3. The molecule has 2 aliphatic rings. The number of unbranched alkanes of at least 4 members (excludes halogenated alkanes) is 2. The molecular formula is C29H41F5. The standard InChI is InChI=1S/C29H41F5/c1-2-3-4-5-6-7-8-21-11-15-24(16-12-21)25-17-13-22(14-18-25)9-10-23-19-26(30)28(27(31)20-23)29(32,33)34/h4-5,19-22,24-25H,2-3,6-18H2,1H3/b5-4+/t21-,22-,24-,25-. The van der Waals surface area contributed by atoms with Gasteiger partial charge in [0.2, 0.25) is 0 Å². The summed E-state index contributed by atoms with van der Waals surface area (Å²) in [7, 11) is 0. The second-order valence-electron chi connectivity index (χ2n) is 10.7. The van der Waals surface area contributed by atoms with E-state index in [0.717, 1.165) is 49.1 Å². The van der Waals surface area contributed by atoms with E-state index in [1.165, 1.54) is 70.6 Å². The average Bonchev–Trinajstić information content (AvgIpc) is 2.79. The van der Waals surface area contributed by atoms with Gasteiger partial charge in [0.15, 0.2) is 0 Å². The summed E-state index contributed by atoms with van der Waals surface area (Å²) in [5.41, 5.74) is -1.46. The van der Waals surface area contributed by atoms with E-state index in [0.29, 0.717) is 17.9 Å². The summed E-state index contributed by atoms with van der Waals surface area (Å²) in [6.45, 7) is 2.21. The summed E-state index contributed by atoms with van der Waals surface area (Å²) >= 11 is 0. The van der Waals surface area contributed by atoms with Crippen LogP contribution in [0.15, 0.2) is 24.3 Å². The molecule has 2 saturated carbocycles. The number of benzene rings is 1. The lowest BCUT2D eigenvalue weighted by Crippen LogP contribution is -2.26. The van der Waals surface area contributed by atoms with E-state index >= 15 is 0 Å². The van der Waals surface area contributed by atoms with Crippen LogP contribution in [-0.4, -0.2) is 0 Å². The Morgan fingerprint density at radius 1 is 0.765 bits per heavy atom. The highest BCUT2D eigenvalue weighted by atomic mass is 19.4. The summed E-state index contributed by atoms with van der Waals surface area (Å²) in [6.07, 6.45) is 17.3. The molecule has 1 aromatic rings. The van der Waals surface area contributed by atoms with Gasteiger partial charge in [0.1, 0.15) is 17.2 Å². The molecule has 5 heteroatoms. The summed E-state index contributed by atoms with van der Waals surface area (Å²) in [5, 5.41) is 0. The van der Waals surface area contributed by atoms with Gasteiger partial charge >= 0.3 is 6.18 Å². The summed E-state index contributed by atoms with van der Waals surface area (Å²) in [6, 6.07) is 1.72. The minimum Gasteiger partial charge on any atom is -0.206 e. The van der Waals surface area contributed by atoms with Crippen LogP contribution < -0.4 is 0 Å². The maximum absolute atomic E-state index is 13.8. The summed E-state index contributed by atoms with van der Waals surface area (Å²) < 4.78 is 65.9. The van der Waals surface area contributed by atoms with Gasteiger partial charge in [-0.1, -0.05) is 57.6 Å². The van der Waals surface area contributed by atoms with Crippen LogP contribution in [0.2, 0.25) is 0 Å². The van der Waals surface area contributed by atoms with Gasteiger partial charge in [-0.3, -0.25) is 0 Å². The largest absolute Gasteiger partial charge is 0.422 e. The Morgan fingerprint density at radius 2 is 1.26 bits per heavy atom. The molecule has 0 N–H and O–H groups in total. The fourth-order valence-corrected chi connectivity index (χ4v) is 6.23. The first kappa shape index (κ1) is 27.2. The minimum absolute atomic E-state index is 0.323. The maximum atomic E-state index is 13.8. The molecule has 0 aromatic heterocycles. The van der Waals surface area contributed by atoms with Crippen LogP contribution in [0.5, 0.6) is 0 Å². The normalized spacial score (nSPS) is 26.3. The van der Waals surface area contributed by atoms with Gasteiger partial charge in [0.25, 0.3) is 0 Å². The molecule has 0 heterocycles. The van der Waals surface area contributed by atoms with Gasteiger partial charge in [-0.05, 0) is 99.2 Å². The zero-order chi connectivity index (χ0) is 24.6. The number of aryl methyl sites for hydroxylation is 1. The van der Waals surface area contributed by atoms with Gasteiger partial charge in [0.05, 0.1) is 0 Å². The van der Waals surface area contributed by atoms with Crippen LogP contribution in [0.1, 0.15) is 108 Å². The lowest BCUT2D eigenvalue weighted by molar-refractivity contribution is -0.142. The second kappa shape index (κ2) is 13.1.